The molecule has 1 rings (SSSR count). The Hall–Kier alpha value is 0.0900. The van der Waals surface area contributed by atoms with Crippen LogP contribution in [-0.4, -0.2) is 19.8 Å². The van der Waals surface area contributed by atoms with Gasteiger partial charge in [-0.1, -0.05) is 35.8 Å². The second-order valence-corrected chi connectivity index (χ2v) is 7.56. The van der Waals surface area contributed by atoms with Crippen molar-refractivity contribution in [3.63, 3.8) is 0 Å². The number of alkyl halides is 1. The quantitative estimate of drug-likeness (QED) is 0.817. The van der Waals surface area contributed by atoms with E-state index in [4.69, 9.17) is 0 Å². The molecule has 0 aromatic carbocycles. The van der Waals surface area contributed by atoms with Gasteiger partial charge >= 0.3 is 0 Å². The molecule has 1 heterocycles. The maximum atomic E-state index is 12.0. The molecule has 1 N–H and O–H groups in total. The monoisotopic (exact) mass is 325 g/mol. The van der Waals surface area contributed by atoms with Crippen LogP contribution < -0.4 is 4.72 Å². The molecule has 0 fully saturated rings. The number of sulfonamides is 1. The lowest BCUT2D eigenvalue weighted by Gasteiger charge is -2.20. The molecule has 1 unspecified atom stereocenters. The van der Waals surface area contributed by atoms with Crippen LogP contribution >= 0.6 is 27.3 Å². The van der Waals surface area contributed by atoms with Crippen LogP contribution in [0.5, 0.6) is 0 Å². The normalized spacial score (nSPS) is 14.2. The van der Waals surface area contributed by atoms with Crippen LogP contribution in [0.4, 0.5) is 0 Å². The third-order valence-electron chi connectivity index (χ3n) is 2.29. The lowest BCUT2D eigenvalue weighted by Crippen LogP contribution is -2.38. The van der Waals surface area contributed by atoms with E-state index >= 15 is 0 Å². The van der Waals surface area contributed by atoms with Gasteiger partial charge in [-0.05, 0) is 23.8 Å². The van der Waals surface area contributed by atoms with E-state index in [1.807, 2.05) is 13.8 Å². The van der Waals surface area contributed by atoms with Crippen LogP contribution in [-0.2, 0) is 10.0 Å². The van der Waals surface area contributed by atoms with Crippen LogP contribution in [0.15, 0.2) is 21.7 Å². The lowest BCUT2D eigenvalue weighted by atomic mass is 10.0. The van der Waals surface area contributed by atoms with E-state index in [1.54, 1.807) is 17.5 Å². The predicted molar refractivity (Wildman–Crippen MR) is 71.7 cm³/mol. The first-order chi connectivity index (χ1) is 7.47. The fraction of sp³-hybridized carbons (Fsp3) is 0.600. The third-order valence-corrected chi connectivity index (χ3v) is 5.64. The number of hydrogen-bond acceptors (Lipinski definition) is 3. The topological polar surface area (TPSA) is 46.2 Å². The van der Waals surface area contributed by atoms with E-state index in [9.17, 15) is 8.42 Å². The molecule has 0 saturated heterocycles. The van der Waals surface area contributed by atoms with Gasteiger partial charge in [0.05, 0.1) is 0 Å². The SMILES string of the molecule is CC(C)C(CCBr)NS(=O)(=O)c1cccs1. The summed E-state index contributed by atoms with van der Waals surface area (Å²) < 4.78 is 27.1. The molecule has 92 valence electrons. The van der Waals surface area contributed by atoms with E-state index in [0.29, 0.717) is 4.21 Å². The fourth-order valence-electron chi connectivity index (χ4n) is 1.32. The van der Waals surface area contributed by atoms with Crippen LogP contribution in [0.1, 0.15) is 20.3 Å². The van der Waals surface area contributed by atoms with Crippen LogP contribution in [0.25, 0.3) is 0 Å². The Morgan fingerprint density at radius 2 is 2.19 bits per heavy atom. The average Bonchev–Trinajstić information content (AvgIpc) is 2.69. The van der Waals surface area contributed by atoms with Gasteiger partial charge in [-0.2, -0.15) is 0 Å². The summed E-state index contributed by atoms with van der Waals surface area (Å²) in [4.78, 5) is 0. The first kappa shape index (κ1) is 14.2. The van der Waals surface area contributed by atoms with Crippen molar-refractivity contribution in [1.29, 1.82) is 0 Å². The maximum absolute atomic E-state index is 12.0. The van der Waals surface area contributed by atoms with Gasteiger partial charge in [0, 0.05) is 11.4 Å². The first-order valence-corrected chi connectivity index (χ1v) is 8.57. The van der Waals surface area contributed by atoms with Crippen LogP contribution in [0.3, 0.4) is 0 Å². The van der Waals surface area contributed by atoms with Crippen molar-refractivity contribution in [1.82, 2.24) is 4.72 Å². The zero-order valence-corrected chi connectivity index (χ0v) is 12.5. The fourth-order valence-corrected chi connectivity index (χ4v) is 4.24. The zero-order valence-electron chi connectivity index (χ0n) is 9.31. The zero-order chi connectivity index (χ0) is 12.2. The summed E-state index contributed by atoms with van der Waals surface area (Å²) in [6.45, 7) is 4.04. The Bertz CT molecular complexity index is 400. The van der Waals surface area contributed by atoms with Crippen molar-refractivity contribution < 1.29 is 8.42 Å². The molecule has 0 aliphatic heterocycles. The summed E-state index contributed by atoms with van der Waals surface area (Å²) in [5.74, 6) is 0.285. The molecule has 0 radical (unpaired) electrons. The summed E-state index contributed by atoms with van der Waals surface area (Å²) in [5.41, 5.74) is 0. The van der Waals surface area contributed by atoms with Crippen molar-refractivity contribution in [2.45, 2.75) is 30.5 Å². The van der Waals surface area contributed by atoms with Gasteiger partial charge < -0.3 is 0 Å². The molecule has 16 heavy (non-hydrogen) atoms. The highest BCUT2D eigenvalue weighted by Crippen LogP contribution is 2.18. The second-order valence-electron chi connectivity index (χ2n) is 3.88. The van der Waals surface area contributed by atoms with E-state index in [0.717, 1.165) is 11.8 Å². The van der Waals surface area contributed by atoms with Crippen LogP contribution in [0, 0.1) is 5.92 Å². The molecule has 0 spiro atoms. The number of rotatable bonds is 6. The van der Waals surface area contributed by atoms with Crippen molar-refractivity contribution in [2.75, 3.05) is 5.33 Å². The van der Waals surface area contributed by atoms with E-state index in [-0.39, 0.29) is 12.0 Å². The van der Waals surface area contributed by atoms with Crippen molar-refractivity contribution in [3.05, 3.63) is 17.5 Å². The minimum atomic E-state index is -3.34. The molecule has 3 nitrogen and oxygen atoms in total. The highest BCUT2D eigenvalue weighted by atomic mass is 79.9. The van der Waals surface area contributed by atoms with Crippen molar-refractivity contribution in [2.24, 2.45) is 5.92 Å². The molecule has 0 aliphatic rings. The molecule has 6 heteroatoms. The molecular weight excluding hydrogens is 310 g/mol. The third kappa shape index (κ3) is 3.84. The summed E-state index contributed by atoms with van der Waals surface area (Å²) >= 11 is 4.58. The van der Waals surface area contributed by atoms with E-state index < -0.39 is 10.0 Å². The predicted octanol–water partition coefficient (Wildman–Crippen LogP) is 2.84. The first-order valence-electron chi connectivity index (χ1n) is 5.09. The van der Waals surface area contributed by atoms with E-state index in [2.05, 4.69) is 20.7 Å². The minimum absolute atomic E-state index is 0.0218. The minimum Gasteiger partial charge on any atom is -0.207 e. The molecular formula is C10H16BrNO2S2. The Morgan fingerprint density at radius 3 is 2.62 bits per heavy atom. The second kappa shape index (κ2) is 6.14. The Kier molecular flexibility index (Phi) is 5.43. The van der Waals surface area contributed by atoms with Gasteiger partial charge in [0.2, 0.25) is 10.0 Å². The Labute approximate surface area is 109 Å². The number of halogens is 1. The maximum Gasteiger partial charge on any atom is 0.250 e. The Balaban J connectivity index is 2.78. The summed E-state index contributed by atoms with van der Waals surface area (Å²) in [7, 11) is -3.34. The van der Waals surface area contributed by atoms with Gasteiger partial charge in [0.15, 0.2) is 0 Å². The van der Waals surface area contributed by atoms with Crippen molar-refractivity contribution in [3.8, 4) is 0 Å². The highest BCUT2D eigenvalue weighted by Gasteiger charge is 2.22. The number of hydrogen-bond donors (Lipinski definition) is 1. The number of nitrogens with one attached hydrogen (secondary N) is 1. The van der Waals surface area contributed by atoms with Crippen molar-refractivity contribution >= 4 is 37.3 Å². The summed E-state index contributed by atoms with van der Waals surface area (Å²) in [5, 5.41) is 2.56. The molecule has 1 atom stereocenters. The molecule has 0 bridgehead atoms. The molecule has 1 aromatic rings. The number of thiophene rings is 1. The summed E-state index contributed by atoms with van der Waals surface area (Å²) in [6.07, 6.45) is 0.794. The Morgan fingerprint density at radius 1 is 1.50 bits per heavy atom. The van der Waals surface area contributed by atoms with Gasteiger partial charge in [-0.25, -0.2) is 13.1 Å². The largest absolute Gasteiger partial charge is 0.250 e. The molecule has 0 amide bonds. The molecule has 0 aliphatic carbocycles. The van der Waals surface area contributed by atoms with Gasteiger partial charge in [0.25, 0.3) is 0 Å². The lowest BCUT2D eigenvalue weighted by molar-refractivity contribution is 0.441. The summed E-state index contributed by atoms with van der Waals surface area (Å²) in [6, 6.07) is 3.35. The molecule has 0 saturated carbocycles. The van der Waals surface area contributed by atoms with Gasteiger partial charge in [-0.15, -0.1) is 11.3 Å². The highest BCUT2D eigenvalue weighted by molar-refractivity contribution is 9.09. The molecule has 1 aromatic heterocycles. The smallest absolute Gasteiger partial charge is 0.207 e. The van der Waals surface area contributed by atoms with Gasteiger partial charge in [-0.3, -0.25) is 0 Å². The van der Waals surface area contributed by atoms with E-state index in [1.165, 1.54) is 11.3 Å². The van der Waals surface area contributed by atoms with Gasteiger partial charge in [0.1, 0.15) is 4.21 Å². The standard InChI is InChI=1S/C10H16BrNO2S2/c1-8(2)9(5-6-11)12-16(13,14)10-4-3-7-15-10/h3-4,7-9,12H,5-6H2,1-2H3. The average molecular weight is 326 g/mol. The van der Waals surface area contributed by atoms with Crippen LogP contribution in [0.2, 0.25) is 0 Å².